The Morgan fingerprint density at radius 2 is 1.86 bits per heavy atom. The first-order valence-electron chi connectivity index (χ1n) is 12.1. The fourth-order valence-electron chi connectivity index (χ4n) is 3.68. The largest absolute Gasteiger partial charge is 0.444 e. The molecule has 3 rings (SSSR count). The third-order valence-corrected chi connectivity index (χ3v) is 6.34. The van der Waals surface area contributed by atoms with Gasteiger partial charge >= 0.3 is 6.09 Å². The zero-order valence-corrected chi connectivity index (χ0v) is 22.1. The van der Waals surface area contributed by atoms with E-state index >= 15 is 0 Å². The smallest absolute Gasteiger partial charge is 0.413 e. The van der Waals surface area contributed by atoms with Crippen LogP contribution in [0.25, 0.3) is 6.08 Å². The highest BCUT2D eigenvalue weighted by atomic mass is 32.2. The van der Waals surface area contributed by atoms with Gasteiger partial charge in [-0.05, 0) is 57.9 Å². The number of hydrogen-bond donors (Lipinski definition) is 1. The summed E-state index contributed by atoms with van der Waals surface area (Å²) < 4.78 is 5.43. The number of benzene rings is 2. The minimum Gasteiger partial charge on any atom is -0.444 e. The van der Waals surface area contributed by atoms with E-state index < -0.39 is 11.7 Å². The maximum absolute atomic E-state index is 13.3. The molecule has 0 fully saturated rings. The van der Waals surface area contributed by atoms with Gasteiger partial charge in [0.05, 0.1) is 5.69 Å². The van der Waals surface area contributed by atoms with Crippen LogP contribution in [-0.2, 0) is 15.3 Å². The average Bonchev–Trinajstić information content (AvgIpc) is 2.98. The summed E-state index contributed by atoms with van der Waals surface area (Å²) in [4.78, 5) is 33.5. The van der Waals surface area contributed by atoms with Gasteiger partial charge in [-0.1, -0.05) is 43.3 Å². The molecule has 1 heterocycles. The topological polar surface area (TPSA) is 71.0 Å². The highest BCUT2D eigenvalue weighted by Crippen LogP contribution is 2.33. The second-order valence-electron chi connectivity index (χ2n) is 9.41. The molecule has 186 valence electrons. The van der Waals surface area contributed by atoms with Crippen molar-refractivity contribution in [2.24, 2.45) is 4.99 Å². The summed E-state index contributed by atoms with van der Waals surface area (Å²) in [6, 6.07) is 16.3. The summed E-state index contributed by atoms with van der Waals surface area (Å²) in [7, 11) is 0. The number of nitrogens with zero attached hydrogens (tertiary/aromatic N) is 2. The SMILES string of the molecule is CCCN(CC)C(=O)C1=Cc2ccc(SCc3ccccc3)cc2N=C(NC(=O)OC(C)(C)C)C1. The van der Waals surface area contributed by atoms with Crippen LogP contribution in [0.4, 0.5) is 10.5 Å². The van der Waals surface area contributed by atoms with Crippen LogP contribution in [0.15, 0.2) is 64.0 Å². The Labute approximate surface area is 212 Å². The first-order chi connectivity index (χ1) is 16.7. The Balaban J connectivity index is 1.91. The van der Waals surface area contributed by atoms with Crippen molar-refractivity contribution in [2.45, 2.75) is 63.7 Å². The van der Waals surface area contributed by atoms with E-state index in [1.165, 1.54) is 5.56 Å². The average molecular weight is 494 g/mol. The second-order valence-corrected chi connectivity index (χ2v) is 10.5. The fraction of sp³-hybridized carbons (Fsp3) is 0.393. The van der Waals surface area contributed by atoms with Crippen molar-refractivity contribution in [3.05, 3.63) is 65.2 Å². The van der Waals surface area contributed by atoms with Crippen molar-refractivity contribution in [2.75, 3.05) is 13.1 Å². The number of carbonyl (C=O) groups is 2. The number of fused-ring (bicyclic) bond motifs is 1. The zero-order chi connectivity index (χ0) is 25.4. The van der Waals surface area contributed by atoms with Crippen LogP contribution in [-0.4, -0.2) is 41.4 Å². The second kappa shape index (κ2) is 12.1. The maximum Gasteiger partial charge on any atom is 0.413 e. The van der Waals surface area contributed by atoms with Gasteiger partial charge < -0.3 is 9.64 Å². The van der Waals surface area contributed by atoms with Gasteiger partial charge in [0, 0.05) is 41.3 Å². The molecule has 0 aliphatic carbocycles. The lowest BCUT2D eigenvalue weighted by Gasteiger charge is -2.22. The van der Waals surface area contributed by atoms with Crippen molar-refractivity contribution in [1.29, 1.82) is 0 Å². The number of nitrogens with one attached hydrogen (secondary N) is 1. The Kier molecular flexibility index (Phi) is 9.15. The number of ether oxygens (including phenoxy) is 1. The highest BCUT2D eigenvalue weighted by molar-refractivity contribution is 7.98. The van der Waals surface area contributed by atoms with Crippen molar-refractivity contribution >= 4 is 41.4 Å². The number of alkyl carbamates (subject to hydrolysis) is 1. The van der Waals surface area contributed by atoms with Crippen molar-refractivity contribution in [3.63, 3.8) is 0 Å². The third kappa shape index (κ3) is 7.99. The molecule has 1 aliphatic rings. The van der Waals surface area contributed by atoms with Gasteiger partial charge in [0.1, 0.15) is 11.4 Å². The molecule has 1 N–H and O–H groups in total. The van der Waals surface area contributed by atoms with Crippen molar-refractivity contribution < 1.29 is 14.3 Å². The van der Waals surface area contributed by atoms with E-state index in [0.717, 1.165) is 28.3 Å². The van der Waals surface area contributed by atoms with E-state index in [1.54, 1.807) is 11.8 Å². The molecule has 0 bridgehead atoms. The lowest BCUT2D eigenvalue weighted by Crippen LogP contribution is -2.38. The third-order valence-electron chi connectivity index (χ3n) is 5.28. The molecular formula is C28H35N3O3S. The first-order valence-corrected chi connectivity index (χ1v) is 13.0. The van der Waals surface area contributed by atoms with E-state index in [2.05, 4.69) is 30.4 Å². The van der Waals surface area contributed by atoms with Crippen LogP contribution in [0.2, 0.25) is 0 Å². The molecule has 0 spiro atoms. The molecular weight excluding hydrogens is 458 g/mol. The summed E-state index contributed by atoms with van der Waals surface area (Å²) in [6.07, 6.45) is 2.42. The molecule has 0 saturated heterocycles. The molecule has 6 nitrogen and oxygen atoms in total. The number of amidine groups is 1. The Bertz CT molecular complexity index is 1100. The Morgan fingerprint density at radius 1 is 1.11 bits per heavy atom. The van der Waals surface area contributed by atoms with Crippen LogP contribution in [0, 0.1) is 0 Å². The van der Waals surface area contributed by atoms with E-state index in [-0.39, 0.29) is 12.3 Å². The van der Waals surface area contributed by atoms with Gasteiger partial charge in [-0.3, -0.25) is 10.1 Å². The van der Waals surface area contributed by atoms with Gasteiger partial charge in [-0.25, -0.2) is 9.79 Å². The monoisotopic (exact) mass is 493 g/mol. The number of rotatable bonds is 7. The van der Waals surface area contributed by atoms with Crippen LogP contribution in [0.1, 0.15) is 58.6 Å². The number of amides is 2. The summed E-state index contributed by atoms with van der Waals surface area (Å²) in [5, 5.41) is 2.78. The molecule has 0 unspecified atom stereocenters. The quantitative estimate of drug-likeness (QED) is 0.442. The van der Waals surface area contributed by atoms with Gasteiger partial charge in [0.25, 0.3) is 0 Å². The van der Waals surface area contributed by atoms with E-state index in [1.807, 2.05) is 69.0 Å². The van der Waals surface area contributed by atoms with Gasteiger partial charge in [-0.2, -0.15) is 0 Å². The fourth-order valence-corrected chi connectivity index (χ4v) is 4.57. The minimum atomic E-state index is -0.636. The summed E-state index contributed by atoms with van der Waals surface area (Å²) >= 11 is 1.72. The Morgan fingerprint density at radius 3 is 2.51 bits per heavy atom. The summed E-state index contributed by atoms with van der Waals surface area (Å²) in [5.41, 5.74) is 2.77. The zero-order valence-electron chi connectivity index (χ0n) is 21.3. The summed E-state index contributed by atoms with van der Waals surface area (Å²) in [6.45, 7) is 10.8. The number of likely N-dealkylation sites (N-methyl/N-ethyl adjacent to an activating group) is 1. The molecule has 0 atom stereocenters. The van der Waals surface area contributed by atoms with Crippen LogP contribution >= 0.6 is 11.8 Å². The minimum absolute atomic E-state index is 0.0385. The number of carbonyl (C=O) groups excluding carboxylic acids is 2. The molecule has 7 heteroatoms. The lowest BCUT2D eigenvalue weighted by atomic mass is 10.1. The normalized spacial score (nSPS) is 13.2. The Hall–Kier alpha value is -3.06. The highest BCUT2D eigenvalue weighted by Gasteiger charge is 2.24. The van der Waals surface area contributed by atoms with Gasteiger partial charge in [0.2, 0.25) is 5.91 Å². The molecule has 0 aromatic heterocycles. The van der Waals surface area contributed by atoms with Crippen molar-refractivity contribution in [3.8, 4) is 0 Å². The van der Waals surface area contributed by atoms with Gasteiger partial charge in [-0.15, -0.1) is 11.8 Å². The molecule has 2 aromatic rings. The predicted molar refractivity (Wildman–Crippen MR) is 144 cm³/mol. The van der Waals surface area contributed by atoms with Crippen LogP contribution in [0.5, 0.6) is 0 Å². The summed E-state index contributed by atoms with van der Waals surface area (Å²) in [5.74, 6) is 1.20. The first kappa shape index (κ1) is 26.5. The molecule has 0 radical (unpaired) electrons. The molecule has 1 aliphatic heterocycles. The van der Waals surface area contributed by atoms with Gasteiger partial charge in [0.15, 0.2) is 0 Å². The number of thioether (sulfide) groups is 1. The predicted octanol–water partition coefficient (Wildman–Crippen LogP) is 6.58. The molecule has 35 heavy (non-hydrogen) atoms. The molecule has 2 aromatic carbocycles. The lowest BCUT2D eigenvalue weighted by molar-refractivity contribution is -0.126. The van der Waals surface area contributed by atoms with E-state index in [4.69, 9.17) is 9.73 Å². The number of hydrogen-bond acceptors (Lipinski definition) is 5. The van der Waals surface area contributed by atoms with E-state index in [9.17, 15) is 9.59 Å². The maximum atomic E-state index is 13.3. The molecule has 0 saturated carbocycles. The van der Waals surface area contributed by atoms with Crippen LogP contribution < -0.4 is 5.32 Å². The molecule has 2 amide bonds. The van der Waals surface area contributed by atoms with E-state index in [0.29, 0.717) is 24.5 Å². The number of aliphatic imine (C=N–C) groups is 1. The van der Waals surface area contributed by atoms with Crippen molar-refractivity contribution in [1.82, 2.24) is 10.2 Å². The van der Waals surface area contributed by atoms with Crippen LogP contribution in [0.3, 0.4) is 0 Å². The standard InChI is InChI=1S/C28H35N3O3S/c1-6-15-31(7-2)26(32)22-16-21-13-14-23(35-19-20-11-9-8-10-12-20)18-24(21)29-25(17-22)30-27(33)34-28(3,4)5/h8-14,16,18H,6-7,15,17,19H2,1-5H3,(H,29,30,33).